The smallest absolute Gasteiger partial charge is 0.196 e. The van der Waals surface area contributed by atoms with E-state index >= 15 is 0 Å². The Kier molecular flexibility index (Phi) is 2.61. The lowest BCUT2D eigenvalue weighted by molar-refractivity contribution is 0.104. The van der Waals surface area contributed by atoms with Crippen LogP contribution in [0.3, 0.4) is 0 Å². The van der Waals surface area contributed by atoms with Crippen LogP contribution in [0.25, 0.3) is 10.9 Å². The van der Waals surface area contributed by atoms with Gasteiger partial charge in [0.2, 0.25) is 0 Å². The molecule has 0 fully saturated rings. The summed E-state index contributed by atoms with van der Waals surface area (Å²) in [7, 11) is 0. The summed E-state index contributed by atoms with van der Waals surface area (Å²) in [5, 5.41) is 4.75. The maximum absolute atomic E-state index is 12.2. The summed E-state index contributed by atoms with van der Waals surface area (Å²) in [4.78, 5) is 15.4. The summed E-state index contributed by atoms with van der Waals surface area (Å²) in [6.45, 7) is 0. The van der Waals surface area contributed by atoms with Crippen LogP contribution >= 0.6 is 27.3 Å². The molecule has 0 aliphatic rings. The number of rotatable bonds is 2. The Labute approximate surface area is 110 Å². The first-order valence-corrected chi connectivity index (χ1v) is 6.83. The Morgan fingerprint density at radius 1 is 1.29 bits per heavy atom. The van der Waals surface area contributed by atoms with Crippen LogP contribution in [-0.2, 0) is 0 Å². The van der Waals surface area contributed by atoms with Gasteiger partial charge in [-0.15, -0.1) is 0 Å². The molecule has 3 aromatic rings. The number of ketones is 1. The van der Waals surface area contributed by atoms with Gasteiger partial charge in [-0.3, -0.25) is 4.79 Å². The fourth-order valence-electron chi connectivity index (χ4n) is 1.84. The molecule has 84 valence electrons. The standard InChI is InChI=1S/C13H8BrNOS/c14-9-1-2-10-11(6-15-12(10)5-9)13(16)8-3-4-17-7-8/h1-7,15H. The van der Waals surface area contributed by atoms with Gasteiger partial charge < -0.3 is 4.98 Å². The molecular weight excluding hydrogens is 298 g/mol. The zero-order chi connectivity index (χ0) is 11.8. The van der Waals surface area contributed by atoms with E-state index in [-0.39, 0.29) is 5.78 Å². The van der Waals surface area contributed by atoms with E-state index in [0.29, 0.717) is 0 Å². The number of halogens is 1. The fraction of sp³-hybridized carbons (Fsp3) is 0. The van der Waals surface area contributed by atoms with Gasteiger partial charge in [0.1, 0.15) is 0 Å². The van der Waals surface area contributed by atoms with Crippen molar-refractivity contribution in [2.75, 3.05) is 0 Å². The van der Waals surface area contributed by atoms with Gasteiger partial charge >= 0.3 is 0 Å². The molecule has 0 spiro atoms. The lowest BCUT2D eigenvalue weighted by atomic mass is 10.1. The van der Waals surface area contributed by atoms with E-state index in [4.69, 9.17) is 0 Å². The van der Waals surface area contributed by atoms with Crippen molar-refractivity contribution in [2.45, 2.75) is 0 Å². The van der Waals surface area contributed by atoms with Crippen LogP contribution in [0.15, 0.2) is 45.7 Å². The molecule has 1 N–H and O–H groups in total. The maximum Gasteiger partial charge on any atom is 0.196 e. The van der Waals surface area contributed by atoms with Crippen LogP contribution in [-0.4, -0.2) is 10.8 Å². The van der Waals surface area contributed by atoms with Gasteiger partial charge in [-0.25, -0.2) is 0 Å². The molecule has 2 heterocycles. The first-order valence-electron chi connectivity index (χ1n) is 5.09. The van der Waals surface area contributed by atoms with Gasteiger partial charge in [0.05, 0.1) is 0 Å². The van der Waals surface area contributed by atoms with Crippen molar-refractivity contribution in [2.24, 2.45) is 0 Å². The van der Waals surface area contributed by atoms with Crippen LogP contribution in [0, 0.1) is 0 Å². The number of aromatic nitrogens is 1. The minimum absolute atomic E-state index is 0.0693. The molecule has 4 heteroatoms. The number of carbonyl (C=O) groups is 1. The molecule has 0 saturated heterocycles. The van der Waals surface area contributed by atoms with Crippen molar-refractivity contribution in [3.8, 4) is 0 Å². The highest BCUT2D eigenvalue weighted by Crippen LogP contribution is 2.24. The fourth-order valence-corrected chi connectivity index (χ4v) is 2.83. The molecule has 17 heavy (non-hydrogen) atoms. The number of nitrogens with one attached hydrogen (secondary N) is 1. The van der Waals surface area contributed by atoms with Gasteiger partial charge in [-0.05, 0) is 23.6 Å². The summed E-state index contributed by atoms with van der Waals surface area (Å²) in [5.41, 5.74) is 2.45. The SMILES string of the molecule is O=C(c1ccsc1)c1c[nH]c2cc(Br)ccc12. The third kappa shape index (κ3) is 1.83. The van der Waals surface area contributed by atoms with Crippen molar-refractivity contribution in [1.29, 1.82) is 0 Å². The van der Waals surface area contributed by atoms with Crippen molar-refractivity contribution in [3.05, 3.63) is 56.8 Å². The predicted octanol–water partition coefficient (Wildman–Crippen LogP) is 4.22. The molecule has 1 aromatic carbocycles. The largest absolute Gasteiger partial charge is 0.360 e. The molecule has 0 unspecified atom stereocenters. The summed E-state index contributed by atoms with van der Waals surface area (Å²) in [5.74, 6) is 0.0693. The van der Waals surface area contributed by atoms with Gasteiger partial charge in [0.15, 0.2) is 5.78 Å². The molecule has 0 aliphatic heterocycles. The monoisotopic (exact) mass is 305 g/mol. The number of aromatic amines is 1. The van der Waals surface area contributed by atoms with Crippen LogP contribution < -0.4 is 0 Å². The average molecular weight is 306 g/mol. The van der Waals surface area contributed by atoms with Crippen molar-refractivity contribution in [3.63, 3.8) is 0 Å². The second-order valence-corrected chi connectivity index (χ2v) is 5.43. The zero-order valence-electron chi connectivity index (χ0n) is 8.74. The molecule has 3 rings (SSSR count). The number of thiophene rings is 1. The predicted molar refractivity (Wildman–Crippen MR) is 73.8 cm³/mol. The highest BCUT2D eigenvalue weighted by atomic mass is 79.9. The van der Waals surface area contributed by atoms with Gasteiger partial charge in [-0.1, -0.05) is 22.0 Å². The Hall–Kier alpha value is -1.39. The minimum atomic E-state index is 0.0693. The van der Waals surface area contributed by atoms with Crippen LogP contribution in [0.5, 0.6) is 0 Å². The van der Waals surface area contributed by atoms with E-state index in [0.717, 1.165) is 26.5 Å². The Morgan fingerprint density at radius 2 is 2.18 bits per heavy atom. The normalized spacial score (nSPS) is 10.9. The summed E-state index contributed by atoms with van der Waals surface area (Å²) < 4.78 is 1.00. The van der Waals surface area contributed by atoms with Gasteiger partial charge in [-0.2, -0.15) is 11.3 Å². The topological polar surface area (TPSA) is 32.9 Å². The second-order valence-electron chi connectivity index (χ2n) is 3.73. The van der Waals surface area contributed by atoms with E-state index in [2.05, 4.69) is 20.9 Å². The van der Waals surface area contributed by atoms with Crippen molar-refractivity contribution in [1.82, 2.24) is 4.98 Å². The first kappa shape index (κ1) is 10.7. The van der Waals surface area contributed by atoms with Gasteiger partial charge in [0.25, 0.3) is 0 Å². The molecular formula is C13H8BrNOS. The summed E-state index contributed by atoms with van der Waals surface area (Å²) >= 11 is 4.95. The van der Waals surface area contributed by atoms with E-state index in [9.17, 15) is 4.79 Å². The lowest BCUT2D eigenvalue weighted by Gasteiger charge is -1.96. The van der Waals surface area contributed by atoms with E-state index in [1.807, 2.05) is 35.0 Å². The number of H-pyrrole nitrogens is 1. The minimum Gasteiger partial charge on any atom is -0.360 e. The van der Waals surface area contributed by atoms with Crippen molar-refractivity contribution >= 4 is 44.0 Å². The van der Waals surface area contributed by atoms with Crippen LogP contribution in [0.4, 0.5) is 0 Å². The average Bonchev–Trinajstić information content (AvgIpc) is 2.96. The van der Waals surface area contributed by atoms with E-state index in [1.165, 1.54) is 11.3 Å². The highest BCUT2D eigenvalue weighted by Gasteiger charge is 2.14. The highest BCUT2D eigenvalue weighted by molar-refractivity contribution is 9.10. The quantitative estimate of drug-likeness (QED) is 0.706. The number of hydrogen-bond donors (Lipinski definition) is 1. The van der Waals surface area contributed by atoms with Crippen LogP contribution in [0.2, 0.25) is 0 Å². The molecule has 2 aromatic heterocycles. The third-order valence-corrected chi connectivity index (χ3v) is 3.85. The molecule has 0 saturated carbocycles. The molecule has 0 aliphatic carbocycles. The molecule has 0 bridgehead atoms. The van der Waals surface area contributed by atoms with E-state index < -0.39 is 0 Å². The zero-order valence-corrected chi connectivity index (χ0v) is 11.1. The second kappa shape index (κ2) is 4.13. The summed E-state index contributed by atoms with van der Waals surface area (Å²) in [6, 6.07) is 7.72. The maximum atomic E-state index is 12.2. The Morgan fingerprint density at radius 3 is 2.94 bits per heavy atom. The molecule has 0 amide bonds. The Balaban J connectivity index is 2.15. The van der Waals surface area contributed by atoms with Gasteiger partial charge in [0, 0.05) is 38.1 Å². The summed E-state index contributed by atoms with van der Waals surface area (Å²) in [6.07, 6.45) is 1.77. The number of hydrogen-bond acceptors (Lipinski definition) is 2. The number of carbonyl (C=O) groups excluding carboxylic acids is 1. The number of benzene rings is 1. The third-order valence-electron chi connectivity index (χ3n) is 2.67. The Bertz CT molecular complexity index is 685. The van der Waals surface area contributed by atoms with E-state index in [1.54, 1.807) is 6.20 Å². The van der Waals surface area contributed by atoms with Crippen LogP contribution in [0.1, 0.15) is 15.9 Å². The lowest BCUT2D eigenvalue weighted by Crippen LogP contribution is -1.97. The number of fused-ring (bicyclic) bond motifs is 1. The molecule has 2 nitrogen and oxygen atoms in total. The molecule has 0 radical (unpaired) electrons. The first-order chi connectivity index (χ1) is 8.25. The molecule has 0 atom stereocenters. The van der Waals surface area contributed by atoms with Crippen molar-refractivity contribution < 1.29 is 4.79 Å².